The summed E-state index contributed by atoms with van der Waals surface area (Å²) in [6.45, 7) is 15.9. The number of nitrogens with one attached hydrogen (secondary N) is 1. The lowest BCUT2D eigenvalue weighted by molar-refractivity contribution is 0.194. The molecule has 0 atom stereocenters. The number of carbonyl (C=O) groups excluding carboxylic acids is 1. The molecule has 2 amide bonds. The van der Waals surface area contributed by atoms with E-state index in [2.05, 4.69) is 42.8 Å². The van der Waals surface area contributed by atoms with Gasteiger partial charge in [0.2, 0.25) is 0 Å². The number of anilines is 1. The monoisotopic (exact) mass is 458 g/mol. The molecule has 2 aromatic rings. The van der Waals surface area contributed by atoms with E-state index in [1.165, 1.54) is 15.8 Å². The Morgan fingerprint density at radius 2 is 1.91 bits per heavy atom. The van der Waals surface area contributed by atoms with Crippen molar-refractivity contribution in [1.82, 2.24) is 25.1 Å². The molecule has 0 radical (unpaired) electrons. The fourth-order valence-electron chi connectivity index (χ4n) is 4.63. The van der Waals surface area contributed by atoms with Gasteiger partial charge in [0.1, 0.15) is 16.5 Å². The van der Waals surface area contributed by atoms with Gasteiger partial charge in [-0.3, -0.25) is 4.90 Å². The lowest BCUT2D eigenvalue weighted by atomic mass is 10.0. The fourth-order valence-corrected chi connectivity index (χ4v) is 5.91. The van der Waals surface area contributed by atoms with Gasteiger partial charge in [-0.05, 0) is 30.9 Å². The predicted octanol–water partition coefficient (Wildman–Crippen LogP) is 3.90. The molecule has 32 heavy (non-hydrogen) atoms. The van der Waals surface area contributed by atoms with Crippen molar-refractivity contribution in [2.45, 2.75) is 59.9 Å². The summed E-state index contributed by atoms with van der Waals surface area (Å²) in [5, 5.41) is 4.33. The largest absolute Gasteiger partial charge is 0.352 e. The fraction of sp³-hybridized carbons (Fsp3) is 0.708. The van der Waals surface area contributed by atoms with Crippen molar-refractivity contribution in [3.05, 3.63) is 16.3 Å². The Hall–Kier alpha value is -1.93. The van der Waals surface area contributed by atoms with E-state index in [-0.39, 0.29) is 6.03 Å². The lowest BCUT2D eigenvalue weighted by Crippen LogP contribution is -2.52. The van der Waals surface area contributed by atoms with Crippen LogP contribution in [0, 0.1) is 5.92 Å². The zero-order chi connectivity index (χ0) is 22.7. The maximum atomic E-state index is 12.5. The highest BCUT2D eigenvalue weighted by atomic mass is 32.1. The minimum absolute atomic E-state index is 0.0685. The molecule has 2 aliphatic heterocycles. The van der Waals surface area contributed by atoms with Gasteiger partial charge in [-0.2, -0.15) is 0 Å². The van der Waals surface area contributed by atoms with Crippen LogP contribution in [-0.4, -0.2) is 71.6 Å². The van der Waals surface area contributed by atoms with Gasteiger partial charge in [0.25, 0.3) is 0 Å². The average molecular weight is 459 g/mol. The number of fused-ring (bicyclic) bond motifs is 3. The summed E-state index contributed by atoms with van der Waals surface area (Å²) in [5.41, 5.74) is 1.46. The molecular formula is C24H38N6OS. The summed E-state index contributed by atoms with van der Waals surface area (Å²) in [5.74, 6) is 2.57. The van der Waals surface area contributed by atoms with E-state index in [1.54, 1.807) is 0 Å². The Kier molecular flexibility index (Phi) is 7.51. The van der Waals surface area contributed by atoms with E-state index in [9.17, 15) is 4.79 Å². The molecule has 1 fully saturated rings. The minimum Gasteiger partial charge on any atom is -0.352 e. The molecule has 0 bridgehead atoms. The Labute approximate surface area is 196 Å². The highest BCUT2D eigenvalue weighted by Gasteiger charge is 2.28. The standard InChI is InChI=1S/C24H38N6OS/c1-5-7-9-25-24(31)30-13-11-29(12-14-30)22-21-18-8-10-28(6-2)16-19(18)32-23(21)27-20(26-22)15-17(3)4/h17H,5-16H2,1-4H3,(H,25,31). The third kappa shape index (κ3) is 5.01. The van der Waals surface area contributed by atoms with Gasteiger partial charge in [-0.25, -0.2) is 14.8 Å². The Balaban J connectivity index is 1.58. The van der Waals surface area contributed by atoms with E-state index in [0.29, 0.717) is 5.92 Å². The smallest absolute Gasteiger partial charge is 0.317 e. The number of hydrogen-bond donors (Lipinski definition) is 1. The molecular weight excluding hydrogens is 420 g/mol. The second kappa shape index (κ2) is 10.3. The number of likely N-dealkylation sites (N-methyl/N-ethyl adjacent to an activating group) is 1. The van der Waals surface area contributed by atoms with Crippen LogP contribution >= 0.6 is 11.3 Å². The third-order valence-electron chi connectivity index (χ3n) is 6.52. The zero-order valence-electron chi connectivity index (χ0n) is 20.1. The molecule has 0 aromatic carbocycles. The van der Waals surface area contributed by atoms with Crippen molar-refractivity contribution in [3.8, 4) is 0 Å². The summed E-state index contributed by atoms with van der Waals surface area (Å²) >= 11 is 1.86. The molecule has 1 saturated heterocycles. The van der Waals surface area contributed by atoms with Crippen LogP contribution < -0.4 is 10.2 Å². The summed E-state index contributed by atoms with van der Waals surface area (Å²) in [6, 6.07) is 0.0685. The second-order valence-electron chi connectivity index (χ2n) is 9.42. The first-order valence-electron chi connectivity index (χ1n) is 12.3. The van der Waals surface area contributed by atoms with Crippen molar-refractivity contribution in [1.29, 1.82) is 0 Å². The normalized spacial score (nSPS) is 17.3. The third-order valence-corrected chi connectivity index (χ3v) is 7.63. The first-order chi connectivity index (χ1) is 15.5. The second-order valence-corrected chi connectivity index (χ2v) is 10.5. The Morgan fingerprint density at radius 3 is 2.59 bits per heavy atom. The topological polar surface area (TPSA) is 64.6 Å². The summed E-state index contributed by atoms with van der Waals surface area (Å²) in [7, 11) is 0. The van der Waals surface area contributed by atoms with Crippen molar-refractivity contribution in [2.75, 3.05) is 50.7 Å². The number of aromatic nitrogens is 2. The van der Waals surface area contributed by atoms with Crippen LogP contribution in [-0.2, 0) is 19.4 Å². The predicted molar refractivity (Wildman–Crippen MR) is 133 cm³/mol. The van der Waals surface area contributed by atoms with Crippen LogP contribution in [0.15, 0.2) is 0 Å². The van der Waals surface area contributed by atoms with Gasteiger partial charge in [0, 0.05) is 57.1 Å². The van der Waals surface area contributed by atoms with Crippen LogP contribution in [0.25, 0.3) is 10.2 Å². The van der Waals surface area contributed by atoms with E-state index in [4.69, 9.17) is 9.97 Å². The Bertz CT molecular complexity index is 934. The number of thiophene rings is 1. The highest BCUT2D eigenvalue weighted by Crippen LogP contribution is 2.39. The first-order valence-corrected chi connectivity index (χ1v) is 13.1. The molecule has 0 unspecified atom stereocenters. The number of rotatable bonds is 7. The van der Waals surface area contributed by atoms with Crippen LogP contribution in [0.2, 0.25) is 0 Å². The molecule has 7 nitrogen and oxygen atoms in total. The molecule has 0 aliphatic carbocycles. The molecule has 4 rings (SSSR count). The van der Waals surface area contributed by atoms with E-state index in [0.717, 1.165) is 94.5 Å². The highest BCUT2D eigenvalue weighted by molar-refractivity contribution is 7.19. The van der Waals surface area contributed by atoms with Crippen molar-refractivity contribution >= 4 is 33.4 Å². The maximum Gasteiger partial charge on any atom is 0.317 e. The van der Waals surface area contributed by atoms with E-state index in [1.807, 2.05) is 16.2 Å². The molecule has 0 saturated carbocycles. The summed E-state index contributed by atoms with van der Waals surface area (Å²) < 4.78 is 0. The molecule has 1 N–H and O–H groups in total. The number of hydrogen-bond acceptors (Lipinski definition) is 6. The number of carbonyl (C=O) groups is 1. The van der Waals surface area contributed by atoms with Crippen LogP contribution in [0.5, 0.6) is 0 Å². The number of amides is 2. The van der Waals surface area contributed by atoms with Crippen molar-refractivity contribution in [2.24, 2.45) is 5.92 Å². The summed E-state index contributed by atoms with van der Waals surface area (Å²) in [6.07, 6.45) is 4.09. The number of nitrogens with zero attached hydrogens (tertiary/aromatic N) is 5. The average Bonchev–Trinajstić information content (AvgIpc) is 3.15. The molecule has 2 aliphatic rings. The van der Waals surface area contributed by atoms with Crippen molar-refractivity contribution in [3.63, 3.8) is 0 Å². The number of piperazine rings is 1. The molecule has 2 aromatic heterocycles. The molecule has 4 heterocycles. The van der Waals surface area contributed by atoms with Gasteiger partial charge >= 0.3 is 6.03 Å². The molecule has 0 spiro atoms. The number of unbranched alkanes of at least 4 members (excludes halogenated alkanes) is 1. The van der Waals surface area contributed by atoms with Crippen LogP contribution in [0.4, 0.5) is 10.6 Å². The SMILES string of the molecule is CCCCNC(=O)N1CCN(c2nc(CC(C)C)nc3sc4c(c23)CCN(CC)C4)CC1. The Morgan fingerprint density at radius 1 is 1.12 bits per heavy atom. The van der Waals surface area contributed by atoms with E-state index < -0.39 is 0 Å². The maximum absolute atomic E-state index is 12.5. The van der Waals surface area contributed by atoms with Gasteiger partial charge in [-0.15, -0.1) is 11.3 Å². The first kappa shape index (κ1) is 23.2. The van der Waals surface area contributed by atoms with Gasteiger partial charge in [0.05, 0.1) is 5.39 Å². The zero-order valence-corrected chi connectivity index (χ0v) is 20.9. The minimum atomic E-state index is 0.0685. The van der Waals surface area contributed by atoms with Gasteiger partial charge in [-0.1, -0.05) is 34.1 Å². The summed E-state index contributed by atoms with van der Waals surface area (Å²) in [4.78, 5) is 32.0. The molecule has 176 valence electrons. The number of urea groups is 1. The van der Waals surface area contributed by atoms with Gasteiger partial charge in [0.15, 0.2) is 0 Å². The lowest BCUT2D eigenvalue weighted by Gasteiger charge is -2.36. The van der Waals surface area contributed by atoms with Crippen LogP contribution in [0.1, 0.15) is 56.8 Å². The van der Waals surface area contributed by atoms with E-state index >= 15 is 0 Å². The molecule has 8 heteroatoms. The van der Waals surface area contributed by atoms with Crippen molar-refractivity contribution < 1.29 is 4.79 Å². The van der Waals surface area contributed by atoms with Gasteiger partial charge < -0.3 is 15.1 Å². The van der Waals surface area contributed by atoms with Crippen LogP contribution in [0.3, 0.4) is 0 Å². The quantitative estimate of drug-likeness (QED) is 0.638.